The number of nitrogens with one attached hydrogen (secondary N) is 2. The normalized spacial score (nSPS) is 17.0. The molecule has 2 N–H and O–H groups in total. The minimum Gasteiger partial charge on any atom is -0.493 e. The molecule has 7 heteroatoms. The molecule has 0 spiro atoms. The van der Waals surface area contributed by atoms with Crippen LogP contribution < -0.4 is 20.1 Å². The van der Waals surface area contributed by atoms with E-state index in [1.807, 2.05) is 6.92 Å². The second-order valence-electron chi connectivity index (χ2n) is 5.13. The molecule has 0 bridgehead atoms. The molecule has 0 saturated carbocycles. The minimum atomic E-state index is -0.623. The van der Waals surface area contributed by atoms with Crippen molar-refractivity contribution in [2.45, 2.75) is 26.8 Å². The van der Waals surface area contributed by atoms with E-state index in [0.29, 0.717) is 34.9 Å². The Bertz CT molecular complexity index is 669. The van der Waals surface area contributed by atoms with Crippen LogP contribution in [0.4, 0.5) is 4.79 Å². The highest BCUT2D eigenvalue weighted by molar-refractivity contribution is 5.95. The maximum atomic E-state index is 12.3. The Labute approximate surface area is 141 Å². The first-order chi connectivity index (χ1) is 11.5. The summed E-state index contributed by atoms with van der Waals surface area (Å²) < 4.78 is 16.0. The van der Waals surface area contributed by atoms with Crippen LogP contribution in [0.3, 0.4) is 0 Å². The molecule has 0 radical (unpaired) electrons. The van der Waals surface area contributed by atoms with Gasteiger partial charge in [0.05, 0.1) is 31.9 Å². The van der Waals surface area contributed by atoms with E-state index in [1.165, 1.54) is 7.11 Å². The van der Waals surface area contributed by atoms with Crippen LogP contribution >= 0.6 is 0 Å². The zero-order chi connectivity index (χ0) is 17.7. The molecular weight excluding hydrogens is 312 g/mol. The first-order valence-corrected chi connectivity index (χ1v) is 7.77. The quantitative estimate of drug-likeness (QED) is 0.780. The van der Waals surface area contributed by atoms with E-state index in [9.17, 15) is 9.59 Å². The number of carbonyl (C=O) groups is 2. The molecule has 24 heavy (non-hydrogen) atoms. The molecule has 1 aliphatic heterocycles. The van der Waals surface area contributed by atoms with Crippen LogP contribution in [0.2, 0.25) is 0 Å². The molecule has 0 saturated heterocycles. The van der Waals surface area contributed by atoms with Crippen molar-refractivity contribution in [1.82, 2.24) is 10.6 Å². The largest absolute Gasteiger partial charge is 0.493 e. The summed E-state index contributed by atoms with van der Waals surface area (Å²) in [5.41, 5.74) is 1.53. The average molecular weight is 334 g/mol. The Kier molecular flexibility index (Phi) is 5.68. The Morgan fingerprint density at radius 1 is 1.21 bits per heavy atom. The van der Waals surface area contributed by atoms with Gasteiger partial charge >= 0.3 is 12.0 Å². The zero-order valence-electron chi connectivity index (χ0n) is 14.3. The van der Waals surface area contributed by atoms with Gasteiger partial charge in [-0.1, -0.05) is 6.07 Å². The number of amides is 2. The Morgan fingerprint density at radius 3 is 2.58 bits per heavy atom. The summed E-state index contributed by atoms with van der Waals surface area (Å²) in [7, 11) is 1.54. The minimum absolute atomic E-state index is 0.253. The molecule has 7 nitrogen and oxygen atoms in total. The molecule has 0 unspecified atom stereocenters. The van der Waals surface area contributed by atoms with Crippen LogP contribution in [-0.4, -0.2) is 32.3 Å². The lowest BCUT2D eigenvalue weighted by Crippen LogP contribution is -2.45. The second-order valence-corrected chi connectivity index (χ2v) is 5.13. The second kappa shape index (κ2) is 7.72. The van der Waals surface area contributed by atoms with Crippen molar-refractivity contribution in [2.75, 3.05) is 20.3 Å². The zero-order valence-corrected chi connectivity index (χ0v) is 14.3. The van der Waals surface area contributed by atoms with Gasteiger partial charge in [-0.3, -0.25) is 0 Å². The van der Waals surface area contributed by atoms with Crippen molar-refractivity contribution in [3.63, 3.8) is 0 Å². The lowest BCUT2D eigenvalue weighted by atomic mass is 9.95. The van der Waals surface area contributed by atoms with Crippen molar-refractivity contribution < 1.29 is 23.8 Å². The molecule has 0 aromatic heterocycles. The lowest BCUT2D eigenvalue weighted by Gasteiger charge is -2.28. The predicted molar refractivity (Wildman–Crippen MR) is 87.9 cm³/mol. The molecule has 0 aliphatic carbocycles. The average Bonchev–Trinajstić information content (AvgIpc) is 2.54. The van der Waals surface area contributed by atoms with Crippen molar-refractivity contribution in [3.8, 4) is 11.5 Å². The van der Waals surface area contributed by atoms with Gasteiger partial charge in [0.25, 0.3) is 0 Å². The fraction of sp³-hybridized carbons (Fsp3) is 0.412. The summed E-state index contributed by atoms with van der Waals surface area (Å²) >= 11 is 0. The summed E-state index contributed by atoms with van der Waals surface area (Å²) in [5.74, 6) is 0.658. The molecule has 2 rings (SSSR count). The summed E-state index contributed by atoms with van der Waals surface area (Å²) in [4.78, 5) is 24.1. The number of ether oxygens (including phenoxy) is 3. The molecule has 1 heterocycles. The van der Waals surface area contributed by atoms with E-state index in [2.05, 4.69) is 10.6 Å². The van der Waals surface area contributed by atoms with Crippen molar-refractivity contribution in [3.05, 3.63) is 35.0 Å². The van der Waals surface area contributed by atoms with Crippen LogP contribution in [0.1, 0.15) is 32.4 Å². The Balaban J connectivity index is 2.45. The van der Waals surface area contributed by atoms with E-state index in [-0.39, 0.29) is 12.6 Å². The lowest BCUT2D eigenvalue weighted by molar-refractivity contribution is -0.139. The first kappa shape index (κ1) is 17.7. The van der Waals surface area contributed by atoms with Gasteiger partial charge in [-0.05, 0) is 38.5 Å². The Morgan fingerprint density at radius 2 is 1.96 bits per heavy atom. The summed E-state index contributed by atoms with van der Waals surface area (Å²) in [6.07, 6.45) is 0. The third kappa shape index (κ3) is 3.61. The third-order valence-electron chi connectivity index (χ3n) is 3.59. The topological polar surface area (TPSA) is 85.9 Å². The first-order valence-electron chi connectivity index (χ1n) is 7.77. The van der Waals surface area contributed by atoms with Gasteiger partial charge in [-0.15, -0.1) is 0 Å². The molecule has 1 atom stereocenters. The van der Waals surface area contributed by atoms with Gasteiger partial charge in [0.15, 0.2) is 11.5 Å². The van der Waals surface area contributed by atoms with Gasteiger partial charge in [0.1, 0.15) is 0 Å². The monoisotopic (exact) mass is 334 g/mol. The molecule has 130 valence electrons. The number of esters is 1. The number of rotatable bonds is 6. The molecular formula is C17H22N2O5. The number of hydrogen-bond acceptors (Lipinski definition) is 5. The maximum Gasteiger partial charge on any atom is 0.338 e. The predicted octanol–water partition coefficient (Wildman–Crippen LogP) is 2.28. The SMILES string of the molecule is CCOC(=O)C1=C(C)NC(=O)N[C@@H]1c1ccc(OCC)c(OC)c1. The van der Waals surface area contributed by atoms with Crippen LogP contribution in [0.5, 0.6) is 11.5 Å². The highest BCUT2D eigenvalue weighted by Crippen LogP contribution is 2.34. The smallest absolute Gasteiger partial charge is 0.338 e. The fourth-order valence-electron chi connectivity index (χ4n) is 2.56. The van der Waals surface area contributed by atoms with Crippen LogP contribution in [0.25, 0.3) is 0 Å². The van der Waals surface area contributed by atoms with Crippen LogP contribution in [0.15, 0.2) is 29.5 Å². The van der Waals surface area contributed by atoms with Crippen molar-refractivity contribution in [1.29, 1.82) is 0 Å². The van der Waals surface area contributed by atoms with E-state index >= 15 is 0 Å². The number of urea groups is 1. The summed E-state index contributed by atoms with van der Waals surface area (Å²) in [6, 6.07) is 4.29. The molecule has 1 aromatic carbocycles. The number of carbonyl (C=O) groups excluding carboxylic acids is 2. The maximum absolute atomic E-state index is 12.3. The van der Waals surface area contributed by atoms with E-state index in [1.54, 1.807) is 32.0 Å². The molecule has 1 aliphatic rings. The molecule has 0 fully saturated rings. The van der Waals surface area contributed by atoms with Gasteiger partial charge < -0.3 is 24.8 Å². The van der Waals surface area contributed by atoms with Crippen LogP contribution in [0, 0.1) is 0 Å². The molecule has 1 aromatic rings. The van der Waals surface area contributed by atoms with Crippen molar-refractivity contribution >= 4 is 12.0 Å². The molecule has 2 amide bonds. The summed E-state index contributed by atoms with van der Waals surface area (Å²) in [6.45, 7) is 6.04. The number of hydrogen-bond donors (Lipinski definition) is 2. The van der Waals surface area contributed by atoms with Gasteiger partial charge in [-0.2, -0.15) is 0 Å². The van der Waals surface area contributed by atoms with E-state index in [0.717, 1.165) is 0 Å². The van der Waals surface area contributed by atoms with E-state index < -0.39 is 12.0 Å². The number of benzene rings is 1. The Hall–Kier alpha value is -2.70. The standard InChI is InChI=1S/C17H22N2O5/c1-5-23-12-8-7-11(9-13(12)22-4)15-14(16(20)24-6-2)10(3)18-17(21)19-15/h7-9,15H,5-6H2,1-4H3,(H2,18,19,21)/t15-/m1/s1. The van der Waals surface area contributed by atoms with Gasteiger partial charge in [0.2, 0.25) is 0 Å². The number of allylic oxidation sites excluding steroid dienone is 1. The fourth-order valence-corrected chi connectivity index (χ4v) is 2.56. The van der Waals surface area contributed by atoms with Crippen molar-refractivity contribution in [2.24, 2.45) is 0 Å². The van der Waals surface area contributed by atoms with Gasteiger partial charge in [-0.25, -0.2) is 9.59 Å². The number of methoxy groups -OCH3 is 1. The highest BCUT2D eigenvalue weighted by atomic mass is 16.5. The highest BCUT2D eigenvalue weighted by Gasteiger charge is 2.32. The van der Waals surface area contributed by atoms with Gasteiger partial charge in [0, 0.05) is 5.70 Å². The third-order valence-corrected chi connectivity index (χ3v) is 3.59. The van der Waals surface area contributed by atoms with Crippen LogP contribution in [-0.2, 0) is 9.53 Å². The van der Waals surface area contributed by atoms with E-state index in [4.69, 9.17) is 14.2 Å². The summed E-state index contributed by atoms with van der Waals surface area (Å²) in [5, 5.41) is 5.35.